The number of benzene rings is 3. The van der Waals surface area contributed by atoms with Crippen LogP contribution in [-0.4, -0.2) is 42.5 Å². The van der Waals surface area contributed by atoms with E-state index in [4.69, 9.17) is 4.74 Å². The minimum atomic E-state index is -0.227. The van der Waals surface area contributed by atoms with Crippen molar-refractivity contribution < 1.29 is 25.2 Å². The van der Waals surface area contributed by atoms with Crippen LogP contribution in [0.3, 0.4) is 0 Å². The second-order valence-corrected chi connectivity index (χ2v) is 6.41. The number of aromatic nitrogens is 3. The minimum Gasteiger partial charge on any atom is -0.508 e. The van der Waals surface area contributed by atoms with E-state index in [1.807, 2.05) is 0 Å². The van der Waals surface area contributed by atoms with Gasteiger partial charge in [0.15, 0.2) is 17.5 Å². The van der Waals surface area contributed by atoms with Crippen LogP contribution >= 0.6 is 0 Å². The Morgan fingerprint density at radius 1 is 0.600 bits per heavy atom. The molecule has 0 saturated carbocycles. The maximum atomic E-state index is 10.4. The highest BCUT2D eigenvalue weighted by Gasteiger charge is 2.18. The van der Waals surface area contributed by atoms with E-state index in [2.05, 4.69) is 15.0 Å². The van der Waals surface area contributed by atoms with E-state index in [0.29, 0.717) is 16.9 Å². The van der Waals surface area contributed by atoms with Crippen LogP contribution in [0.2, 0.25) is 0 Å². The van der Waals surface area contributed by atoms with Gasteiger partial charge in [-0.15, -0.1) is 0 Å². The van der Waals surface area contributed by atoms with E-state index in [0.717, 1.165) is 0 Å². The summed E-state index contributed by atoms with van der Waals surface area (Å²) < 4.78 is 5.11. The number of hydrogen-bond donors (Lipinski definition) is 4. The Bertz CT molecular complexity index is 1240. The van der Waals surface area contributed by atoms with E-state index in [1.54, 1.807) is 30.3 Å². The topological polar surface area (TPSA) is 129 Å². The molecule has 0 aliphatic rings. The molecule has 150 valence electrons. The van der Waals surface area contributed by atoms with Crippen LogP contribution < -0.4 is 4.74 Å². The molecular formula is C22H17N3O5. The lowest BCUT2D eigenvalue weighted by Crippen LogP contribution is -2.00. The van der Waals surface area contributed by atoms with Crippen molar-refractivity contribution >= 4 is 0 Å². The van der Waals surface area contributed by atoms with Crippen LogP contribution in [0.5, 0.6) is 28.7 Å². The molecule has 0 saturated heterocycles. The Hall–Kier alpha value is -4.33. The average Bonchev–Trinajstić information content (AvgIpc) is 2.73. The first-order valence-corrected chi connectivity index (χ1v) is 8.90. The summed E-state index contributed by atoms with van der Waals surface area (Å²) in [6.45, 7) is 0. The van der Waals surface area contributed by atoms with Gasteiger partial charge in [0.1, 0.15) is 28.7 Å². The van der Waals surface area contributed by atoms with Gasteiger partial charge in [-0.05, 0) is 36.4 Å². The fourth-order valence-electron chi connectivity index (χ4n) is 2.94. The Labute approximate surface area is 171 Å². The zero-order valence-corrected chi connectivity index (χ0v) is 15.8. The van der Waals surface area contributed by atoms with Crippen LogP contribution in [-0.2, 0) is 0 Å². The number of phenolic OH excluding ortho intramolecular Hbond substituents is 4. The first kappa shape index (κ1) is 19.0. The predicted molar refractivity (Wildman–Crippen MR) is 109 cm³/mol. The Kier molecular flexibility index (Phi) is 4.81. The van der Waals surface area contributed by atoms with Gasteiger partial charge in [0.05, 0.1) is 23.8 Å². The van der Waals surface area contributed by atoms with Crippen molar-refractivity contribution in [1.29, 1.82) is 0 Å². The number of rotatable bonds is 4. The molecule has 1 aromatic heterocycles. The highest BCUT2D eigenvalue weighted by Crippen LogP contribution is 2.36. The Morgan fingerprint density at radius 2 is 1.13 bits per heavy atom. The van der Waals surface area contributed by atoms with Crippen LogP contribution in [0.4, 0.5) is 0 Å². The van der Waals surface area contributed by atoms with Crippen LogP contribution in [0.25, 0.3) is 34.2 Å². The third-order valence-corrected chi connectivity index (χ3v) is 4.45. The van der Waals surface area contributed by atoms with E-state index >= 15 is 0 Å². The molecule has 8 heteroatoms. The Balaban J connectivity index is 1.96. The number of aromatic hydroxyl groups is 4. The first-order valence-electron chi connectivity index (χ1n) is 8.90. The van der Waals surface area contributed by atoms with Crippen LogP contribution in [0, 0.1) is 0 Å². The van der Waals surface area contributed by atoms with E-state index in [9.17, 15) is 20.4 Å². The fraction of sp³-hybridized carbons (Fsp3) is 0.0455. The minimum absolute atomic E-state index is 0.0329. The fourth-order valence-corrected chi connectivity index (χ4v) is 2.94. The molecule has 3 aromatic carbocycles. The summed E-state index contributed by atoms with van der Waals surface area (Å²) in [7, 11) is 1.49. The normalized spacial score (nSPS) is 10.7. The van der Waals surface area contributed by atoms with Gasteiger partial charge in [-0.25, -0.2) is 15.0 Å². The summed E-state index contributed by atoms with van der Waals surface area (Å²) in [5.41, 5.74) is 0.921. The summed E-state index contributed by atoms with van der Waals surface area (Å²) in [5, 5.41) is 40.5. The van der Waals surface area contributed by atoms with E-state index in [-0.39, 0.29) is 46.0 Å². The van der Waals surface area contributed by atoms with Gasteiger partial charge < -0.3 is 25.2 Å². The molecule has 4 N–H and O–H groups in total. The maximum Gasteiger partial charge on any atom is 0.167 e. The summed E-state index contributed by atoms with van der Waals surface area (Å²) >= 11 is 0. The summed E-state index contributed by atoms with van der Waals surface area (Å²) in [5.74, 6) is 0.364. The van der Waals surface area contributed by atoms with Crippen molar-refractivity contribution in [2.24, 2.45) is 0 Å². The second-order valence-electron chi connectivity index (χ2n) is 6.41. The van der Waals surface area contributed by atoms with E-state index in [1.165, 1.54) is 37.4 Å². The second kappa shape index (κ2) is 7.59. The lowest BCUT2D eigenvalue weighted by Gasteiger charge is -2.11. The van der Waals surface area contributed by atoms with Crippen molar-refractivity contribution in [3.8, 4) is 62.9 Å². The molecule has 0 aliphatic heterocycles. The molecule has 0 atom stereocenters. The lowest BCUT2D eigenvalue weighted by molar-refractivity contribution is 0.408. The summed E-state index contributed by atoms with van der Waals surface area (Å²) in [6.07, 6.45) is 0. The maximum absolute atomic E-state index is 10.4. The van der Waals surface area contributed by atoms with Crippen molar-refractivity contribution in [2.75, 3.05) is 7.11 Å². The number of methoxy groups -OCH3 is 1. The average molecular weight is 403 g/mol. The molecule has 8 nitrogen and oxygen atoms in total. The predicted octanol–water partition coefficient (Wildman–Crippen LogP) is 3.70. The molecule has 0 bridgehead atoms. The molecule has 4 aromatic rings. The molecule has 0 radical (unpaired) electrons. The number of hydrogen-bond acceptors (Lipinski definition) is 8. The molecule has 0 spiro atoms. The zero-order valence-electron chi connectivity index (χ0n) is 15.8. The van der Waals surface area contributed by atoms with Crippen molar-refractivity contribution in [1.82, 2.24) is 15.0 Å². The smallest absolute Gasteiger partial charge is 0.167 e. The highest BCUT2D eigenvalue weighted by molar-refractivity contribution is 5.74. The quantitative estimate of drug-likeness (QED) is 0.406. The first-order chi connectivity index (χ1) is 14.5. The number of ether oxygens (including phenoxy) is 1. The number of para-hydroxylation sites is 1. The van der Waals surface area contributed by atoms with Crippen molar-refractivity contribution in [3.63, 3.8) is 0 Å². The third-order valence-electron chi connectivity index (χ3n) is 4.45. The molecule has 0 amide bonds. The van der Waals surface area contributed by atoms with Crippen molar-refractivity contribution in [2.45, 2.75) is 0 Å². The van der Waals surface area contributed by atoms with E-state index < -0.39 is 0 Å². The molecule has 30 heavy (non-hydrogen) atoms. The SMILES string of the molecule is COc1ccc(-c2nc(-c3ccccc3O)nc(-c3ccc(O)cc3O)n2)c(O)c1. The van der Waals surface area contributed by atoms with Crippen LogP contribution in [0.1, 0.15) is 0 Å². The third kappa shape index (κ3) is 3.53. The van der Waals surface area contributed by atoms with Gasteiger partial charge >= 0.3 is 0 Å². The summed E-state index contributed by atoms with van der Waals surface area (Å²) in [6, 6.07) is 15.2. The lowest BCUT2D eigenvalue weighted by atomic mass is 10.1. The van der Waals surface area contributed by atoms with Crippen LogP contribution in [0.15, 0.2) is 60.7 Å². The molecular weight excluding hydrogens is 386 g/mol. The number of phenols is 4. The number of nitrogens with zero attached hydrogens (tertiary/aromatic N) is 3. The van der Waals surface area contributed by atoms with Crippen molar-refractivity contribution in [3.05, 3.63) is 60.7 Å². The molecule has 0 fully saturated rings. The molecule has 4 rings (SSSR count). The zero-order chi connectivity index (χ0) is 21.3. The van der Waals surface area contributed by atoms with Gasteiger partial charge in [0.2, 0.25) is 0 Å². The van der Waals surface area contributed by atoms with Gasteiger partial charge in [-0.1, -0.05) is 12.1 Å². The highest BCUT2D eigenvalue weighted by atomic mass is 16.5. The van der Waals surface area contributed by atoms with Gasteiger partial charge in [-0.2, -0.15) is 0 Å². The largest absolute Gasteiger partial charge is 0.508 e. The monoisotopic (exact) mass is 403 g/mol. The molecule has 1 heterocycles. The van der Waals surface area contributed by atoms with Gasteiger partial charge in [0, 0.05) is 12.1 Å². The Morgan fingerprint density at radius 3 is 1.67 bits per heavy atom. The standard InChI is InChI=1S/C22H17N3O5/c1-30-13-7-9-16(19(29)11-13)22-24-20(14-4-2-3-5-17(14)27)23-21(25-22)15-8-6-12(26)10-18(15)28/h2-11,26-29H,1H3. The molecule has 0 aliphatic carbocycles. The summed E-state index contributed by atoms with van der Waals surface area (Å²) in [4.78, 5) is 13.2. The van der Waals surface area contributed by atoms with Gasteiger partial charge in [-0.3, -0.25) is 0 Å². The van der Waals surface area contributed by atoms with Gasteiger partial charge in [0.25, 0.3) is 0 Å². The molecule has 0 unspecified atom stereocenters.